The van der Waals surface area contributed by atoms with Crippen LogP contribution < -0.4 is 0 Å². The van der Waals surface area contributed by atoms with Crippen LogP contribution in [0.2, 0.25) is 5.02 Å². The first-order chi connectivity index (χ1) is 7.61. The van der Waals surface area contributed by atoms with Crippen molar-refractivity contribution in [1.82, 2.24) is 9.97 Å². The zero-order valence-corrected chi connectivity index (χ0v) is 9.09. The van der Waals surface area contributed by atoms with Crippen LogP contribution in [-0.2, 0) is 0 Å². The highest BCUT2D eigenvalue weighted by atomic mass is 35.5. The quantitative estimate of drug-likeness (QED) is 0.764. The molecule has 0 aliphatic heterocycles. The standard InChI is InChI=1S/C11H7ClF2N2/c1-6-2-3-7(10(14)9(6)13)11-8(12)4-15-5-16-11/h2-5H,1H3. The van der Waals surface area contributed by atoms with E-state index in [1.54, 1.807) is 0 Å². The van der Waals surface area contributed by atoms with Gasteiger partial charge in [0.15, 0.2) is 11.6 Å². The van der Waals surface area contributed by atoms with Crippen molar-refractivity contribution < 1.29 is 8.78 Å². The van der Waals surface area contributed by atoms with Gasteiger partial charge >= 0.3 is 0 Å². The number of aryl methyl sites for hydroxylation is 1. The predicted molar refractivity (Wildman–Crippen MR) is 57.1 cm³/mol. The van der Waals surface area contributed by atoms with E-state index < -0.39 is 11.6 Å². The topological polar surface area (TPSA) is 25.8 Å². The fourth-order valence-electron chi connectivity index (χ4n) is 1.34. The minimum Gasteiger partial charge on any atom is -0.243 e. The minimum atomic E-state index is -0.944. The maximum Gasteiger partial charge on any atom is 0.168 e. The van der Waals surface area contributed by atoms with Gasteiger partial charge in [0.25, 0.3) is 0 Å². The van der Waals surface area contributed by atoms with E-state index >= 15 is 0 Å². The lowest BCUT2D eigenvalue weighted by Gasteiger charge is -2.06. The number of halogens is 3. The third-order valence-electron chi connectivity index (χ3n) is 2.20. The molecule has 0 saturated heterocycles. The molecule has 1 aromatic carbocycles. The number of hydrogen-bond acceptors (Lipinski definition) is 2. The zero-order chi connectivity index (χ0) is 11.7. The lowest BCUT2D eigenvalue weighted by Crippen LogP contribution is -1.95. The largest absolute Gasteiger partial charge is 0.243 e. The lowest BCUT2D eigenvalue weighted by atomic mass is 10.1. The molecule has 0 N–H and O–H groups in total. The van der Waals surface area contributed by atoms with E-state index in [2.05, 4.69) is 9.97 Å². The molecule has 0 unspecified atom stereocenters. The van der Waals surface area contributed by atoms with E-state index in [1.807, 2.05) is 0 Å². The molecule has 16 heavy (non-hydrogen) atoms. The summed E-state index contributed by atoms with van der Waals surface area (Å²) in [5, 5.41) is 0.185. The summed E-state index contributed by atoms with van der Waals surface area (Å²) in [4.78, 5) is 7.51. The van der Waals surface area contributed by atoms with Crippen molar-refractivity contribution in [2.24, 2.45) is 0 Å². The molecule has 0 saturated carbocycles. The fourth-order valence-corrected chi connectivity index (χ4v) is 1.55. The van der Waals surface area contributed by atoms with E-state index in [0.717, 1.165) is 0 Å². The number of hydrogen-bond donors (Lipinski definition) is 0. The number of rotatable bonds is 1. The van der Waals surface area contributed by atoms with Gasteiger partial charge in [-0.1, -0.05) is 17.7 Å². The Balaban J connectivity index is 2.66. The van der Waals surface area contributed by atoms with Crippen LogP contribution in [0.25, 0.3) is 11.3 Å². The van der Waals surface area contributed by atoms with Gasteiger partial charge in [0.1, 0.15) is 6.33 Å². The normalized spacial score (nSPS) is 10.5. The average Bonchev–Trinajstić information content (AvgIpc) is 2.28. The van der Waals surface area contributed by atoms with Crippen molar-refractivity contribution >= 4 is 11.6 Å². The maximum absolute atomic E-state index is 13.6. The molecule has 0 aliphatic rings. The molecule has 5 heteroatoms. The van der Waals surface area contributed by atoms with Gasteiger partial charge in [0.2, 0.25) is 0 Å². The van der Waals surface area contributed by atoms with Gasteiger partial charge in [0.05, 0.1) is 10.7 Å². The zero-order valence-electron chi connectivity index (χ0n) is 8.34. The van der Waals surface area contributed by atoms with Crippen LogP contribution in [0.5, 0.6) is 0 Å². The monoisotopic (exact) mass is 240 g/mol. The Morgan fingerprint density at radius 3 is 2.62 bits per heavy atom. The minimum absolute atomic E-state index is 0.0375. The Labute approximate surface area is 95.9 Å². The number of nitrogens with zero attached hydrogens (tertiary/aromatic N) is 2. The van der Waals surface area contributed by atoms with Gasteiger partial charge in [-0.3, -0.25) is 0 Å². The second-order valence-electron chi connectivity index (χ2n) is 3.28. The van der Waals surface area contributed by atoms with Crippen molar-refractivity contribution in [3.05, 3.63) is 46.9 Å². The smallest absolute Gasteiger partial charge is 0.168 e. The van der Waals surface area contributed by atoms with E-state index in [1.165, 1.54) is 31.6 Å². The van der Waals surface area contributed by atoms with Gasteiger partial charge < -0.3 is 0 Å². The molecular weight excluding hydrogens is 234 g/mol. The Bertz CT molecular complexity index is 544. The molecule has 0 bridgehead atoms. The van der Waals surface area contributed by atoms with E-state index in [0.29, 0.717) is 0 Å². The Morgan fingerprint density at radius 2 is 1.94 bits per heavy atom. The summed E-state index contributed by atoms with van der Waals surface area (Å²) in [5.41, 5.74) is 0.468. The van der Waals surface area contributed by atoms with E-state index in [-0.39, 0.29) is 21.8 Å². The predicted octanol–water partition coefficient (Wildman–Crippen LogP) is 3.38. The lowest BCUT2D eigenvalue weighted by molar-refractivity contribution is 0.505. The SMILES string of the molecule is Cc1ccc(-c2ncncc2Cl)c(F)c1F. The van der Waals surface area contributed by atoms with Crippen molar-refractivity contribution in [2.75, 3.05) is 0 Å². The van der Waals surface area contributed by atoms with Gasteiger partial charge in [-0.15, -0.1) is 0 Å². The van der Waals surface area contributed by atoms with Gasteiger partial charge in [-0.05, 0) is 18.6 Å². The molecule has 1 heterocycles. The molecule has 2 rings (SSSR count). The van der Waals surface area contributed by atoms with Gasteiger partial charge in [0, 0.05) is 11.8 Å². The molecule has 1 aromatic heterocycles. The molecular formula is C11H7ClF2N2. The van der Waals surface area contributed by atoms with E-state index in [4.69, 9.17) is 11.6 Å². The molecule has 2 aromatic rings. The summed E-state index contributed by atoms with van der Waals surface area (Å²) in [7, 11) is 0. The Hall–Kier alpha value is -1.55. The molecule has 0 spiro atoms. The summed E-state index contributed by atoms with van der Waals surface area (Å²) in [6.07, 6.45) is 2.57. The first-order valence-corrected chi connectivity index (χ1v) is 4.89. The molecule has 0 radical (unpaired) electrons. The molecule has 0 amide bonds. The summed E-state index contributed by atoms with van der Waals surface area (Å²) >= 11 is 5.81. The van der Waals surface area contributed by atoms with Crippen LogP contribution in [0.1, 0.15) is 5.56 Å². The van der Waals surface area contributed by atoms with Crippen LogP contribution in [0.3, 0.4) is 0 Å². The van der Waals surface area contributed by atoms with Crippen molar-refractivity contribution in [2.45, 2.75) is 6.92 Å². The van der Waals surface area contributed by atoms with Gasteiger partial charge in [-0.2, -0.15) is 0 Å². The van der Waals surface area contributed by atoms with Crippen LogP contribution in [0.4, 0.5) is 8.78 Å². The Morgan fingerprint density at radius 1 is 1.19 bits per heavy atom. The van der Waals surface area contributed by atoms with Crippen molar-refractivity contribution in [3.8, 4) is 11.3 Å². The highest BCUT2D eigenvalue weighted by Gasteiger charge is 2.15. The molecule has 0 fully saturated rings. The third-order valence-corrected chi connectivity index (χ3v) is 2.47. The number of benzene rings is 1. The summed E-state index contributed by atoms with van der Waals surface area (Å²) in [6.45, 7) is 1.49. The fraction of sp³-hybridized carbons (Fsp3) is 0.0909. The van der Waals surface area contributed by atoms with Crippen LogP contribution >= 0.6 is 11.6 Å². The molecule has 82 valence electrons. The second kappa shape index (κ2) is 4.14. The van der Waals surface area contributed by atoms with Crippen molar-refractivity contribution in [3.63, 3.8) is 0 Å². The molecule has 0 atom stereocenters. The van der Waals surface area contributed by atoms with Crippen LogP contribution in [-0.4, -0.2) is 9.97 Å². The van der Waals surface area contributed by atoms with Crippen LogP contribution in [0, 0.1) is 18.6 Å². The highest BCUT2D eigenvalue weighted by Crippen LogP contribution is 2.28. The summed E-state index contributed by atoms with van der Waals surface area (Å²) < 4.78 is 27.0. The van der Waals surface area contributed by atoms with Crippen molar-refractivity contribution in [1.29, 1.82) is 0 Å². The third kappa shape index (κ3) is 1.76. The average molecular weight is 241 g/mol. The first-order valence-electron chi connectivity index (χ1n) is 4.51. The Kier molecular flexibility index (Phi) is 2.83. The number of aromatic nitrogens is 2. The summed E-state index contributed by atoms with van der Waals surface area (Å²) in [6, 6.07) is 2.92. The van der Waals surface area contributed by atoms with Gasteiger partial charge in [-0.25, -0.2) is 18.7 Å². The molecule has 0 aliphatic carbocycles. The summed E-state index contributed by atoms with van der Waals surface area (Å²) in [5.74, 6) is -1.83. The van der Waals surface area contributed by atoms with E-state index in [9.17, 15) is 8.78 Å². The molecule has 2 nitrogen and oxygen atoms in total. The highest BCUT2D eigenvalue weighted by molar-refractivity contribution is 6.32. The van der Waals surface area contributed by atoms with Crippen LogP contribution in [0.15, 0.2) is 24.7 Å². The maximum atomic E-state index is 13.6. The second-order valence-corrected chi connectivity index (χ2v) is 3.68. The first kappa shape index (κ1) is 11.0.